The Morgan fingerprint density at radius 3 is 2.59 bits per heavy atom. The van der Waals surface area contributed by atoms with Crippen molar-refractivity contribution in [3.8, 4) is 0 Å². The first-order valence-corrected chi connectivity index (χ1v) is 11.2. The topological polar surface area (TPSA) is 67.2 Å². The molecule has 166 valence electrons. The summed E-state index contributed by atoms with van der Waals surface area (Å²) < 4.78 is 1.49. The van der Waals surface area contributed by atoms with E-state index >= 15 is 0 Å². The predicted octanol–water partition coefficient (Wildman–Crippen LogP) is 3.12. The van der Waals surface area contributed by atoms with Crippen LogP contribution in [0.25, 0.3) is 0 Å². The van der Waals surface area contributed by atoms with E-state index < -0.39 is 0 Å². The molecule has 0 spiro atoms. The minimum atomic E-state index is -0.188. The fourth-order valence-electron chi connectivity index (χ4n) is 4.06. The van der Waals surface area contributed by atoms with E-state index in [0.717, 1.165) is 29.9 Å². The van der Waals surface area contributed by atoms with Crippen LogP contribution in [0.3, 0.4) is 0 Å². The quantitative estimate of drug-likeness (QED) is 0.600. The van der Waals surface area contributed by atoms with Crippen LogP contribution in [-0.4, -0.2) is 33.4 Å². The summed E-state index contributed by atoms with van der Waals surface area (Å²) in [7, 11) is 0. The molecule has 0 aliphatic carbocycles. The Labute approximate surface area is 192 Å². The van der Waals surface area contributed by atoms with Crippen LogP contribution < -0.4 is 10.9 Å². The van der Waals surface area contributed by atoms with Crippen LogP contribution >= 0.6 is 11.6 Å². The Morgan fingerprint density at radius 2 is 1.84 bits per heavy atom. The van der Waals surface area contributed by atoms with E-state index in [-0.39, 0.29) is 18.0 Å². The van der Waals surface area contributed by atoms with Crippen molar-refractivity contribution >= 4 is 17.5 Å². The van der Waals surface area contributed by atoms with Gasteiger partial charge in [0.05, 0.1) is 5.69 Å². The largest absolute Gasteiger partial charge is 0.354 e. The molecule has 1 aliphatic heterocycles. The van der Waals surface area contributed by atoms with Crippen LogP contribution in [0.2, 0.25) is 5.02 Å². The first-order valence-electron chi connectivity index (χ1n) is 10.9. The summed E-state index contributed by atoms with van der Waals surface area (Å²) in [6.45, 7) is 4.56. The maximum Gasteiger partial charge on any atom is 0.257 e. The summed E-state index contributed by atoms with van der Waals surface area (Å²) in [5, 5.41) is 3.59. The molecule has 0 bridgehead atoms. The molecule has 0 atom stereocenters. The van der Waals surface area contributed by atoms with Gasteiger partial charge in [-0.3, -0.25) is 19.1 Å². The summed E-state index contributed by atoms with van der Waals surface area (Å²) in [6, 6.07) is 17.9. The lowest BCUT2D eigenvalue weighted by molar-refractivity contribution is -0.121. The second-order valence-corrected chi connectivity index (χ2v) is 8.58. The molecule has 1 amide bonds. The van der Waals surface area contributed by atoms with E-state index in [1.165, 1.54) is 10.1 Å². The van der Waals surface area contributed by atoms with Gasteiger partial charge in [0.1, 0.15) is 12.4 Å². The number of fused-ring (bicyclic) bond motifs is 1. The van der Waals surface area contributed by atoms with Crippen molar-refractivity contribution in [1.29, 1.82) is 0 Å². The van der Waals surface area contributed by atoms with Crippen LogP contribution in [0.5, 0.6) is 0 Å². The number of nitrogens with one attached hydrogen (secondary N) is 1. The summed E-state index contributed by atoms with van der Waals surface area (Å²) >= 11 is 5.90. The lowest BCUT2D eigenvalue weighted by Gasteiger charge is -2.28. The number of amides is 1. The molecule has 0 saturated heterocycles. The Bertz CT molecular complexity index is 1140. The number of aryl methyl sites for hydroxylation is 1. The van der Waals surface area contributed by atoms with Gasteiger partial charge in [0, 0.05) is 36.8 Å². The molecule has 1 N–H and O–H groups in total. The zero-order valence-corrected chi connectivity index (χ0v) is 18.9. The average molecular weight is 451 g/mol. The molecule has 2 heterocycles. The minimum absolute atomic E-state index is 0.0146. The van der Waals surface area contributed by atoms with E-state index in [0.29, 0.717) is 36.8 Å². The molecule has 0 radical (unpaired) electrons. The number of carbonyl (C=O) groups is 1. The van der Waals surface area contributed by atoms with E-state index in [9.17, 15) is 9.59 Å². The maximum absolute atomic E-state index is 13.1. The summed E-state index contributed by atoms with van der Waals surface area (Å²) in [5.74, 6) is 0.385. The van der Waals surface area contributed by atoms with Gasteiger partial charge in [-0.15, -0.1) is 0 Å². The van der Waals surface area contributed by atoms with E-state index in [4.69, 9.17) is 11.6 Å². The zero-order valence-electron chi connectivity index (χ0n) is 18.2. The van der Waals surface area contributed by atoms with Crippen molar-refractivity contribution in [3.05, 3.63) is 98.2 Å². The monoisotopic (exact) mass is 450 g/mol. The van der Waals surface area contributed by atoms with Crippen molar-refractivity contribution in [2.75, 3.05) is 13.1 Å². The highest BCUT2D eigenvalue weighted by molar-refractivity contribution is 6.30. The molecule has 1 aliphatic rings. The lowest BCUT2D eigenvalue weighted by Crippen LogP contribution is -2.40. The van der Waals surface area contributed by atoms with Gasteiger partial charge in [-0.1, -0.05) is 54.1 Å². The molecule has 6 nitrogen and oxygen atoms in total. The first-order chi connectivity index (χ1) is 15.5. The standard InChI is InChI=1S/C25H27ClN4O2/c1-18-28-23-16-29(15-20-5-3-2-4-6-20)14-12-22(23)25(32)30(18)17-24(31)27-13-11-19-7-9-21(26)10-8-19/h2-10H,11-17H2,1H3,(H,27,31). The van der Waals surface area contributed by atoms with E-state index in [2.05, 4.69) is 27.3 Å². The molecule has 1 aromatic heterocycles. The normalized spacial score (nSPS) is 13.6. The van der Waals surface area contributed by atoms with Crippen LogP contribution in [-0.2, 0) is 37.3 Å². The molecule has 0 saturated carbocycles. The van der Waals surface area contributed by atoms with Gasteiger partial charge >= 0.3 is 0 Å². The smallest absolute Gasteiger partial charge is 0.257 e. The Balaban J connectivity index is 1.37. The third kappa shape index (κ3) is 5.44. The molecular weight excluding hydrogens is 424 g/mol. The number of halogens is 1. The predicted molar refractivity (Wildman–Crippen MR) is 126 cm³/mol. The Hall–Kier alpha value is -2.96. The fraction of sp³-hybridized carbons (Fsp3) is 0.320. The summed E-state index contributed by atoms with van der Waals surface area (Å²) in [5.41, 5.74) is 3.80. The Kier molecular flexibility index (Phi) is 7.02. The fourth-order valence-corrected chi connectivity index (χ4v) is 4.18. The number of hydrogen-bond acceptors (Lipinski definition) is 4. The van der Waals surface area contributed by atoms with Gasteiger partial charge in [0.15, 0.2) is 0 Å². The number of nitrogens with zero attached hydrogens (tertiary/aromatic N) is 3. The maximum atomic E-state index is 13.1. The number of rotatable bonds is 7. The van der Waals surface area contributed by atoms with Crippen LogP contribution in [0.4, 0.5) is 0 Å². The number of aromatic nitrogens is 2. The molecule has 0 fully saturated rings. The highest BCUT2D eigenvalue weighted by atomic mass is 35.5. The van der Waals surface area contributed by atoms with Crippen LogP contribution in [0.1, 0.15) is 28.2 Å². The molecular formula is C25H27ClN4O2. The SMILES string of the molecule is Cc1nc2c(c(=O)n1CC(=O)NCCc1ccc(Cl)cc1)CCN(Cc1ccccc1)C2. The molecule has 32 heavy (non-hydrogen) atoms. The van der Waals surface area contributed by atoms with Gasteiger partial charge < -0.3 is 5.32 Å². The minimum Gasteiger partial charge on any atom is -0.354 e. The second kappa shape index (κ2) is 10.1. The number of hydrogen-bond donors (Lipinski definition) is 1. The van der Waals surface area contributed by atoms with Crippen molar-refractivity contribution in [1.82, 2.24) is 19.8 Å². The second-order valence-electron chi connectivity index (χ2n) is 8.15. The third-order valence-corrected chi connectivity index (χ3v) is 6.04. The number of carbonyl (C=O) groups excluding carboxylic acids is 1. The third-order valence-electron chi connectivity index (χ3n) is 5.79. The van der Waals surface area contributed by atoms with Crippen molar-refractivity contribution in [3.63, 3.8) is 0 Å². The Morgan fingerprint density at radius 1 is 1.09 bits per heavy atom. The first kappa shape index (κ1) is 22.2. The molecule has 2 aromatic carbocycles. The van der Waals surface area contributed by atoms with Crippen LogP contribution in [0, 0.1) is 6.92 Å². The molecule has 7 heteroatoms. The highest BCUT2D eigenvalue weighted by Crippen LogP contribution is 2.17. The zero-order chi connectivity index (χ0) is 22.5. The van der Waals surface area contributed by atoms with Gasteiger partial charge in [-0.2, -0.15) is 0 Å². The lowest BCUT2D eigenvalue weighted by atomic mass is 10.1. The highest BCUT2D eigenvalue weighted by Gasteiger charge is 2.23. The van der Waals surface area contributed by atoms with Crippen molar-refractivity contribution in [2.24, 2.45) is 0 Å². The van der Waals surface area contributed by atoms with Gasteiger partial charge in [-0.25, -0.2) is 4.98 Å². The van der Waals surface area contributed by atoms with Crippen molar-refractivity contribution in [2.45, 2.75) is 39.4 Å². The number of benzene rings is 2. The molecule has 4 rings (SSSR count). The van der Waals surface area contributed by atoms with Crippen LogP contribution in [0.15, 0.2) is 59.4 Å². The summed E-state index contributed by atoms with van der Waals surface area (Å²) in [4.78, 5) is 32.5. The van der Waals surface area contributed by atoms with Crippen molar-refractivity contribution < 1.29 is 4.79 Å². The summed E-state index contributed by atoms with van der Waals surface area (Å²) in [6.07, 6.45) is 1.35. The van der Waals surface area contributed by atoms with Gasteiger partial charge in [-0.05, 0) is 43.0 Å². The van der Waals surface area contributed by atoms with E-state index in [1.807, 2.05) is 42.5 Å². The van der Waals surface area contributed by atoms with Gasteiger partial charge in [0.2, 0.25) is 5.91 Å². The van der Waals surface area contributed by atoms with E-state index in [1.54, 1.807) is 6.92 Å². The molecule has 0 unspecified atom stereocenters. The van der Waals surface area contributed by atoms with Gasteiger partial charge in [0.25, 0.3) is 5.56 Å². The molecule has 3 aromatic rings. The average Bonchev–Trinajstić information content (AvgIpc) is 2.78.